The Bertz CT molecular complexity index is 246. The second-order valence-electron chi connectivity index (χ2n) is 2.54. The summed E-state index contributed by atoms with van der Waals surface area (Å²) in [5.41, 5.74) is 1.18. The lowest BCUT2D eigenvalue weighted by molar-refractivity contribution is -0.127. The minimum atomic E-state index is 0.0598. The van der Waals surface area contributed by atoms with Crippen molar-refractivity contribution in [3.05, 3.63) is 22.4 Å². The molecule has 12 heavy (non-hydrogen) atoms. The van der Waals surface area contributed by atoms with E-state index in [-0.39, 0.29) is 11.7 Å². The largest absolute Gasteiger partial charge is 0.341 e. The van der Waals surface area contributed by atoms with Gasteiger partial charge in [-0.25, -0.2) is 0 Å². The molecule has 1 amide bonds. The van der Waals surface area contributed by atoms with Crippen LogP contribution in [-0.2, 0) is 11.3 Å². The van der Waals surface area contributed by atoms with E-state index in [1.807, 2.05) is 16.8 Å². The van der Waals surface area contributed by atoms with Crippen molar-refractivity contribution in [2.75, 3.05) is 12.8 Å². The van der Waals surface area contributed by atoms with Gasteiger partial charge in [-0.15, -0.1) is 0 Å². The molecule has 0 unspecified atom stereocenters. The third kappa shape index (κ3) is 2.53. The smallest absolute Gasteiger partial charge is 0.232 e. The Morgan fingerprint density at radius 1 is 1.75 bits per heavy atom. The van der Waals surface area contributed by atoms with Gasteiger partial charge in [-0.05, 0) is 22.4 Å². The molecule has 0 saturated heterocycles. The van der Waals surface area contributed by atoms with Gasteiger partial charge in [0.25, 0.3) is 0 Å². The van der Waals surface area contributed by atoms with E-state index < -0.39 is 0 Å². The van der Waals surface area contributed by atoms with Gasteiger partial charge in [-0.3, -0.25) is 4.79 Å². The van der Waals surface area contributed by atoms with Gasteiger partial charge in [-0.2, -0.15) is 24.0 Å². The highest BCUT2D eigenvalue weighted by Gasteiger charge is 2.06. The van der Waals surface area contributed by atoms with Crippen LogP contribution >= 0.6 is 24.0 Å². The summed E-state index contributed by atoms with van der Waals surface area (Å²) in [6, 6.07) is 2.02. The van der Waals surface area contributed by atoms with Gasteiger partial charge < -0.3 is 4.90 Å². The average Bonchev–Trinajstić information content (AvgIpc) is 2.55. The van der Waals surface area contributed by atoms with E-state index in [1.54, 1.807) is 23.3 Å². The zero-order chi connectivity index (χ0) is 8.97. The first kappa shape index (κ1) is 9.61. The normalized spacial score (nSPS) is 9.83. The molecule has 0 aliphatic carbocycles. The number of carbonyl (C=O) groups is 1. The van der Waals surface area contributed by atoms with Crippen molar-refractivity contribution in [3.63, 3.8) is 0 Å². The molecule has 66 valence electrons. The molecule has 1 heterocycles. The summed E-state index contributed by atoms with van der Waals surface area (Å²) in [6.07, 6.45) is 0. The minimum absolute atomic E-state index is 0.0598. The fourth-order valence-corrected chi connectivity index (χ4v) is 1.77. The Hall–Kier alpha value is -0.480. The van der Waals surface area contributed by atoms with Gasteiger partial charge >= 0.3 is 0 Å². The molecule has 0 bridgehead atoms. The summed E-state index contributed by atoms with van der Waals surface area (Å²) in [5.74, 6) is 0.338. The molecule has 0 radical (unpaired) electrons. The van der Waals surface area contributed by atoms with E-state index in [9.17, 15) is 4.79 Å². The van der Waals surface area contributed by atoms with E-state index >= 15 is 0 Å². The number of thiol groups is 1. The molecular formula is C8H11NOS2. The topological polar surface area (TPSA) is 20.3 Å². The zero-order valence-electron chi connectivity index (χ0n) is 6.86. The first-order valence-corrected chi connectivity index (χ1v) is 5.17. The van der Waals surface area contributed by atoms with Crippen LogP contribution in [0.15, 0.2) is 16.8 Å². The number of hydrogen-bond donors (Lipinski definition) is 1. The number of carbonyl (C=O) groups excluding carboxylic acids is 1. The molecule has 2 nitrogen and oxygen atoms in total. The highest BCUT2D eigenvalue weighted by atomic mass is 32.1. The van der Waals surface area contributed by atoms with Gasteiger partial charge in [0, 0.05) is 13.6 Å². The Kier molecular flexibility index (Phi) is 3.62. The Labute approximate surface area is 81.6 Å². The SMILES string of the molecule is CN(Cc1ccsc1)C(=O)CS. The number of thiophene rings is 1. The monoisotopic (exact) mass is 201 g/mol. The maximum atomic E-state index is 11.1. The van der Waals surface area contributed by atoms with Gasteiger partial charge in [0.1, 0.15) is 0 Å². The first-order valence-electron chi connectivity index (χ1n) is 3.60. The summed E-state index contributed by atoms with van der Waals surface area (Å²) in [4.78, 5) is 12.8. The summed E-state index contributed by atoms with van der Waals surface area (Å²) in [6.45, 7) is 0.683. The van der Waals surface area contributed by atoms with E-state index in [0.717, 1.165) is 0 Å². The minimum Gasteiger partial charge on any atom is -0.341 e. The van der Waals surface area contributed by atoms with Gasteiger partial charge in [0.15, 0.2) is 0 Å². The molecule has 0 saturated carbocycles. The number of rotatable bonds is 3. The van der Waals surface area contributed by atoms with Gasteiger partial charge in [0.2, 0.25) is 5.91 Å². The van der Waals surface area contributed by atoms with Crippen LogP contribution in [0.4, 0.5) is 0 Å². The van der Waals surface area contributed by atoms with Crippen molar-refractivity contribution < 1.29 is 4.79 Å². The highest BCUT2D eigenvalue weighted by molar-refractivity contribution is 7.81. The van der Waals surface area contributed by atoms with Crippen LogP contribution in [0.25, 0.3) is 0 Å². The molecule has 0 spiro atoms. The fourth-order valence-electron chi connectivity index (χ4n) is 0.865. The molecule has 0 aliphatic rings. The molecule has 0 aliphatic heterocycles. The van der Waals surface area contributed by atoms with Crippen LogP contribution in [0.5, 0.6) is 0 Å². The Morgan fingerprint density at radius 2 is 2.50 bits per heavy atom. The van der Waals surface area contributed by atoms with Crippen molar-refractivity contribution in [2.24, 2.45) is 0 Å². The second kappa shape index (κ2) is 4.52. The maximum Gasteiger partial charge on any atom is 0.232 e. The number of hydrogen-bond acceptors (Lipinski definition) is 3. The van der Waals surface area contributed by atoms with Crippen LogP contribution in [0.1, 0.15) is 5.56 Å². The summed E-state index contributed by atoms with van der Waals surface area (Å²) >= 11 is 5.56. The number of amides is 1. The molecule has 1 rings (SSSR count). The molecule has 1 aromatic rings. The van der Waals surface area contributed by atoms with Crippen LogP contribution in [0, 0.1) is 0 Å². The van der Waals surface area contributed by atoms with Crippen LogP contribution in [-0.4, -0.2) is 23.6 Å². The fraction of sp³-hybridized carbons (Fsp3) is 0.375. The summed E-state index contributed by atoms with van der Waals surface area (Å²) < 4.78 is 0. The lowest BCUT2D eigenvalue weighted by Crippen LogP contribution is -2.26. The van der Waals surface area contributed by atoms with E-state index in [2.05, 4.69) is 12.6 Å². The van der Waals surface area contributed by atoms with Crippen LogP contribution in [0.2, 0.25) is 0 Å². The molecule has 0 aromatic carbocycles. The summed E-state index contributed by atoms with van der Waals surface area (Å²) in [7, 11) is 1.79. The quantitative estimate of drug-likeness (QED) is 0.737. The van der Waals surface area contributed by atoms with Crippen molar-refractivity contribution in [3.8, 4) is 0 Å². The number of nitrogens with zero attached hydrogens (tertiary/aromatic N) is 1. The van der Waals surface area contributed by atoms with Crippen molar-refractivity contribution in [1.82, 2.24) is 4.90 Å². The molecule has 4 heteroatoms. The standard InChI is InChI=1S/C8H11NOS2/c1-9(8(10)5-11)4-7-2-3-12-6-7/h2-3,6,11H,4-5H2,1H3. The molecule has 0 atom stereocenters. The predicted octanol–water partition coefficient (Wildman–Crippen LogP) is 1.64. The van der Waals surface area contributed by atoms with E-state index in [0.29, 0.717) is 6.54 Å². The predicted molar refractivity (Wildman–Crippen MR) is 54.6 cm³/mol. The highest BCUT2D eigenvalue weighted by Crippen LogP contribution is 2.08. The van der Waals surface area contributed by atoms with Crippen LogP contribution < -0.4 is 0 Å². The molecule has 1 aromatic heterocycles. The zero-order valence-corrected chi connectivity index (χ0v) is 8.57. The van der Waals surface area contributed by atoms with Crippen LogP contribution in [0.3, 0.4) is 0 Å². The molecule has 0 N–H and O–H groups in total. The lowest BCUT2D eigenvalue weighted by Gasteiger charge is -2.14. The molecule has 0 fully saturated rings. The Balaban J connectivity index is 2.47. The Morgan fingerprint density at radius 3 is 3.00 bits per heavy atom. The lowest BCUT2D eigenvalue weighted by atomic mass is 10.3. The maximum absolute atomic E-state index is 11.1. The average molecular weight is 201 g/mol. The van der Waals surface area contributed by atoms with E-state index in [1.165, 1.54) is 5.56 Å². The summed E-state index contributed by atoms with van der Waals surface area (Å²) in [5, 5.41) is 4.05. The van der Waals surface area contributed by atoms with Crippen molar-refractivity contribution in [2.45, 2.75) is 6.54 Å². The van der Waals surface area contributed by atoms with Crippen molar-refractivity contribution >= 4 is 29.9 Å². The third-order valence-corrected chi connectivity index (χ3v) is 2.56. The first-order chi connectivity index (χ1) is 5.74. The third-order valence-electron chi connectivity index (χ3n) is 1.56. The van der Waals surface area contributed by atoms with Crippen molar-refractivity contribution in [1.29, 1.82) is 0 Å². The van der Waals surface area contributed by atoms with E-state index in [4.69, 9.17) is 0 Å². The van der Waals surface area contributed by atoms with Gasteiger partial charge in [-0.1, -0.05) is 0 Å². The molecular weight excluding hydrogens is 190 g/mol. The second-order valence-corrected chi connectivity index (χ2v) is 3.64. The van der Waals surface area contributed by atoms with Gasteiger partial charge in [0.05, 0.1) is 5.75 Å².